The summed E-state index contributed by atoms with van der Waals surface area (Å²) in [6.07, 6.45) is 4.33. The van der Waals surface area contributed by atoms with E-state index in [0.717, 1.165) is 37.1 Å². The molecule has 1 atom stereocenters. The number of nitrogens with zero attached hydrogens (tertiary/aromatic N) is 3. The highest BCUT2D eigenvalue weighted by molar-refractivity contribution is 5.82. The van der Waals surface area contributed by atoms with Crippen LogP contribution in [-0.4, -0.2) is 59.9 Å². The number of carbonyl (C=O) groups is 2. The summed E-state index contributed by atoms with van der Waals surface area (Å²) in [4.78, 5) is 32.9. The molecular formula is C17H23N3O3. The molecule has 0 spiro atoms. The fourth-order valence-electron chi connectivity index (χ4n) is 3.43. The second kappa shape index (κ2) is 7.08. The summed E-state index contributed by atoms with van der Waals surface area (Å²) < 4.78 is 4.91. The number of amides is 2. The van der Waals surface area contributed by atoms with Crippen LogP contribution in [0, 0.1) is 5.92 Å². The van der Waals surface area contributed by atoms with Gasteiger partial charge in [0.15, 0.2) is 0 Å². The average molecular weight is 317 g/mol. The van der Waals surface area contributed by atoms with E-state index in [1.807, 2.05) is 17.0 Å². The van der Waals surface area contributed by atoms with Crippen LogP contribution >= 0.6 is 0 Å². The Balaban J connectivity index is 1.63. The SMILES string of the molecule is COCC(=O)N1CCCC(C(=O)N2CCc3ncccc3C2)C1. The third-order valence-electron chi connectivity index (χ3n) is 4.67. The Morgan fingerprint density at radius 1 is 1.35 bits per heavy atom. The Bertz CT molecular complexity index is 590. The zero-order valence-corrected chi connectivity index (χ0v) is 13.5. The molecule has 1 unspecified atom stereocenters. The molecule has 0 bridgehead atoms. The Hall–Kier alpha value is -1.95. The van der Waals surface area contributed by atoms with Crippen LogP contribution < -0.4 is 0 Å². The molecule has 2 aliphatic rings. The first-order valence-electron chi connectivity index (χ1n) is 8.17. The van der Waals surface area contributed by atoms with Crippen LogP contribution in [0.4, 0.5) is 0 Å². The predicted octanol–water partition coefficient (Wildman–Crippen LogP) is 0.851. The second-order valence-electron chi connectivity index (χ2n) is 6.23. The summed E-state index contributed by atoms with van der Waals surface area (Å²) in [5.41, 5.74) is 2.23. The van der Waals surface area contributed by atoms with Gasteiger partial charge in [0, 0.05) is 51.6 Å². The van der Waals surface area contributed by atoms with Gasteiger partial charge in [-0.25, -0.2) is 0 Å². The fraction of sp³-hybridized carbons (Fsp3) is 0.588. The van der Waals surface area contributed by atoms with E-state index in [1.54, 1.807) is 11.1 Å². The summed E-state index contributed by atoms with van der Waals surface area (Å²) in [6, 6.07) is 3.95. The van der Waals surface area contributed by atoms with Crippen LogP contribution in [-0.2, 0) is 27.3 Å². The molecule has 1 fully saturated rings. The topological polar surface area (TPSA) is 62.7 Å². The smallest absolute Gasteiger partial charge is 0.248 e. The lowest BCUT2D eigenvalue weighted by molar-refractivity contribution is -0.143. The lowest BCUT2D eigenvalue weighted by Gasteiger charge is -2.36. The number of pyridine rings is 1. The number of aromatic nitrogens is 1. The van der Waals surface area contributed by atoms with Gasteiger partial charge in [-0.15, -0.1) is 0 Å². The third-order valence-corrected chi connectivity index (χ3v) is 4.67. The molecule has 3 heterocycles. The van der Waals surface area contributed by atoms with Crippen molar-refractivity contribution in [3.63, 3.8) is 0 Å². The van der Waals surface area contributed by atoms with Crippen molar-refractivity contribution in [2.24, 2.45) is 5.92 Å². The van der Waals surface area contributed by atoms with Crippen LogP contribution in [0.2, 0.25) is 0 Å². The number of piperidine rings is 1. The van der Waals surface area contributed by atoms with Crippen molar-refractivity contribution in [1.82, 2.24) is 14.8 Å². The molecule has 3 rings (SSSR count). The molecule has 1 saturated heterocycles. The van der Waals surface area contributed by atoms with Gasteiger partial charge in [0.2, 0.25) is 11.8 Å². The van der Waals surface area contributed by atoms with Crippen molar-refractivity contribution in [3.05, 3.63) is 29.6 Å². The van der Waals surface area contributed by atoms with Crippen LogP contribution in [0.1, 0.15) is 24.1 Å². The summed E-state index contributed by atoms with van der Waals surface area (Å²) in [5, 5.41) is 0. The number of carbonyl (C=O) groups excluding carboxylic acids is 2. The fourth-order valence-corrected chi connectivity index (χ4v) is 3.43. The highest BCUT2D eigenvalue weighted by Gasteiger charge is 2.32. The third kappa shape index (κ3) is 3.52. The largest absolute Gasteiger partial charge is 0.375 e. The van der Waals surface area contributed by atoms with Gasteiger partial charge in [-0.3, -0.25) is 14.6 Å². The van der Waals surface area contributed by atoms with Crippen LogP contribution in [0.5, 0.6) is 0 Å². The average Bonchev–Trinajstić information content (AvgIpc) is 2.61. The first-order chi connectivity index (χ1) is 11.2. The van der Waals surface area contributed by atoms with Gasteiger partial charge in [-0.05, 0) is 24.5 Å². The van der Waals surface area contributed by atoms with Gasteiger partial charge in [-0.1, -0.05) is 6.07 Å². The minimum absolute atomic E-state index is 0.0295. The van der Waals surface area contributed by atoms with E-state index in [9.17, 15) is 9.59 Å². The Labute approximate surface area is 136 Å². The monoisotopic (exact) mass is 317 g/mol. The first kappa shape index (κ1) is 15.9. The molecule has 6 heteroatoms. The number of hydrogen-bond donors (Lipinski definition) is 0. The Morgan fingerprint density at radius 3 is 3.04 bits per heavy atom. The van der Waals surface area contributed by atoms with Crippen molar-refractivity contribution in [3.8, 4) is 0 Å². The maximum atomic E-state index is 12.8. The molecule has 0 aromatic carbocycles. The summed E-state index contributed by atoms with van der Waals surface area (Å²) in [6.45, 7) is 2.66. The molecule has 23 heavy (non-hydrogen) atoms. The molecule has 0 N–H and O–H groups in total. The quantitative estimate of drug-likeness (QED) is 0.829. The summed E-state index contributed by atoms with van der Waals surface area (Å²) >= 11 is 0. The molecule has 6 nitrogen and oxygen atoms in total. The number of fused-ring (bicyclic) bond motifs is 1. The van der Waals surface area contributed by atoms with Crippen LogP contribution in [0.15, 0.2) is 18.3 Å². The summed E-state index contributed by atoms with van der Waals surface area (Å²) in [7, 11) is 1.52. The number of likely N-dealkylation sites (tertiary alicyclic amines) is 1. The minimum Gasteiger partial charge on any atom is -0.375 e. The highest BCUT2D eigenvalue weighted by atomic mass is 16.5. The van der Waals surface area contributed by atoms with Gasteiger partial charge in [-0.2, -0.15) is 0 Å². The molecule has 0 radical (unpaired) electrons. The first-order valence-corrected chi connectivity index (χ1v) is 8.17. The second-order valence-corrected chi connectivity index (χ2v) is 6.23. The summed E-state index contributed by atoms with van der Waals surface area (Å²) in [5.74, 6) is 0.0374. The van der Waals surface area contributed by atoms with Crippen molar-refractivity contribution < 1.29 is 14.3 Å². The van der Waals surface area contributed by atoms with E-state index in [-0.39, 0.29) is 24.3 Å². The number of ether oxygens (including phenoxy) is 1. The maximum Gasteiger partial charge on any atom is 0.248 e. The Morgan fingerprint density at radius 2 is 2.22 bits per heavy atom. The molecule has 0 aliphatic carbocycles. The van der Waals surface area contributed by atoms with Gasteiger partial charge in [0.25, 0.3) is 0 Å². The van der Waals surface area contributed by atoms with E-state index in [4.69, 9.17) is 4.74 Å². The molecule has 2 aliphatic heterocycles. The molecule has 124 valence electrons. The number of rotatable bonds is 3. The molecule has 0 saturated carbocycles. The zero-order valence-electron chi connectivity index (χ0n) is 13.5. The predicted molar refractivity (Wildman–Crippen MR) is 84.5 cm³/mol. The normalized spacial score (nSPS) is 21.0. The van der Waals surface area contributed by atoms with E-state index in [1.165, 1.54) is 7.11 Å². The van der Waals surface area contributed by atoms with Gasteiger partial charge in [0.1, 0.15) is 6.61 Å². The molecular weight excluding hydrogens is 294 g/mol. The van der Waals surface area contributed by atoms with Gasteiger partial charge < -0.3 is 14.5 Å². The standard InChI is InChI=1S/C17H23N3O3/c1-23-12-16(21)19-8-3-5-14(11-19)17(22)20-9-6-15-13(10-20)4-2-7-18-15/h2,4,7,14H,3,5-6,8-12H2,1H3. The highest BCUT2D eigenvalue weighted by Crippen LogP contribution is 2.23. The zero-order chi connectivity index (χ0) is 16.2. The molecule has 1 aromatic rings. The lowest BCUT2D eigenvalue weighted by Crippen LogP contribution is -2.48. The maximum absolute atomic E-state index is 12.8. The molecule has 1 aromatic heterocycles. The van der Waals surface area contributed by atoms with E-state index in [0.29, 0.717) is 19.6 Å². The molecule has 2 amide bonds. The van der Waals surface area contributed by atoms with Crippen molar-refractivity contribution >= 4 is 11.8 Å². The Kier molecular flexibility index (Phi) is 4.91. The van der Waals surface area contributed by atoms with E-state index >= 15 is 0 Å². The van der Waals surface area contributed by atoms with Gasteiger partial charge >= 0.3 is 0 Å². The van der Waals surface area contributed by atoms with E-state index < -0.39 is 0 Å². The van der Waals surface area contributed by atoms with Crippen molar-refractivity contribution in [1.29, 1.82) is 0 Å². The van der Waals surface area contributed by atoms with E-state index in [2.05, 4.69) is 4.98 Å². The van der Waals surface area contributed by atoms with Crippen molar-refractivity contribution in [2.45, 2.75) is 25.8 Å². The number of hydrogen-bond acceptors (Lipinski definition) is 4. The van der Waals surface area contributed by atoms with Crippen LogP contribution in [0.3, 0.4) is 0 Å². The number of methoxy groups -OCH3 is 1. The van der Waals surface area contributed by atoms with Gasteiger partial charge in [0.05, 0.1) is 5.92 Å². The minimum atomic E-state index is -0.0947. The van der Waals surface area contributed by atoms with Crippen molar-refractivity contribution in [2.75, 3.05) is 33.4 Å². The van der Waals surface area contributed by atoms with Crippen LogP contribution in [0.25, 0.3) is 0 Å². The lowest BCUT2D eigenvalue weighted by atomic mass is 9.95.